The molecule has 2 atom stereocenters. The Morgan fingerprint density at radius 3 is 1.61 bits per heavy atom. The summed E-state index contributed by atoms with van der Waals surface area (Å²) in [7, 11) is -4.55. The SMILES string of the molecule is CCCCC/C=C\C/C=C\C/C=C\C/C=C\CCCC(=O)OC[C@H](COP(=O)(O)OCCNCC(=O)O)OC(=O)CCCCCCC/C=C\CCCCCCCC. The Balaban J connectivity index is 4.50. The molecule has 0 bridgehead atoms. The highest BCUT2D eigenvalue weighted by molar-refractivity contribution is 7.47. The number of ether oxygens (including phenoxy) is 2. The molecule has 0 aliphatic heterocycles. The number of hydrogen-bond donors (Lipinski definition) is 3. The van der Waals surface area contributed by atoms with E-state index in [1.54, 1.807) is 0 Å². The molecule has 0 radical (unpaired) electrons. The first kappa shape index (κ1) is 54.2. The number of esters is 2. The second-order valence-electron chi connectivity index (χ2n) is 14.3. The fourth-order valence-corrected chi connectivity index (χ4v) is 6.28. The van der Waals surface area contributed by atoms with Crippen molar-refractivity contribution in [3.63, 3.8) is 0 Å². The van der Waals surface area contributed by atoms with Crippen LogP contribution in [-0.4, -0.2) is 66.9 Å². The molecule has 0 aromatic heterocycles. The predicted molar refractivity (Wildman–Crippen MR) is 231 cm³/mol. The van der Waals surface area contributed by atoms with Gasteiger partial charge in [-0.2, -0.15) is 0 Å². The van der Waals surface area contributed by atoms with E-state index in [0.29, 0.717) is 19.3 Å². The quantitative estimate of drug-likeness (QED) is 0.0233. The molecule has 0 spiro atoms. The molecule has 12 heteroatoms. The maximum atomic E-state index is 12.6. The summed E-state index contributed by atoms with van der Waals surface area (Å²) in [4.78, 5) is 45.7. The van der Waals surface area contributed by atoms with Gasteiger partial charge in [-0.3, -0.25) is 23.4 Å². The molecular weight excluding hydrogens is 745 g/mol. The number of nitrogens with one attached hydrogen (secondary N) is 1. The number of aliphatic carboxylic acids is 1. The van der Waals surface area contributed by atoms with E-state index < -0.39 is 38.4 Å². The second-order valence-corrected chi connectivity index (χ2v) is 15.7. The van der Waals surface area contributed by atoms with E-state index in [0.717, 1.165) is 64.2 Å². The van der Waals surface area contributed by atoms with Crippen LogP contribution in [0.2, 0.25) is 0 Å². The van der Waals surface area contributed by atoms with Crippen LogP contribution >= 0.6 is 7.82 Å². The number of rotatable bonds is 41. The average Bonchev–Trinajstić information content (AvgIpc) is 3.18. The first-order chi connectivity index (χ1) is 27.7. The normalized spacial score (nSPS) is 13.7. The molecule has 0 amide bonds. The van der Waals surface area contributed by atoms with E-state index in [1.807, 2.05) is 6.08 Å². The van der Waals surface area contributed by atoms with E-state index in [1.165, 1.54) is 57.8 Å². The predicted octanol–water partition coefficient (Wildman–Crippen LogP) is 11.4. The average molecular weight is 824 g/mol. The fourth-order valence-electron chi connectivity index (χ4n) is 5.53. The fraction of sp³-hybridized carbons (Fsp3) is 0.711. The van der Waals surface area contributed by atoms with Crippen LogP contribution < -0.4 is 5.32 Å². The highest BCUT2D eigenvalue weighted by atomic mass is 31.2. The zero-order chi connectivity index (χ0) is 41.9. The minimum absolute atomic E-state index is 0.00719. The zero-order valence-corrected chi connectivity index (χ0v) is 36.4. The van der Waals surface area contributed by atoms with Crippen molar-refractivity contribution in [3.05, 3.63) is 60.8 Å². The number of carboxylic acids is 1. The smallest absolute Gasteiger partial charge is 0.472 e. The lowest BCUT2D eigenvalue weighted by Gasteiger charge is -2.20. The largest absolute Gasteiger partial charge is 0.480 e. The van der Waals surface area contributed by atoms with Crippen LogP contribution in [0.4, 0.5) is 0 Å². The number of carboxylic acid groups (broad SMARTS) is 1. The lowest BCUT2D eigenvalue weighted by molar-refractivity contribution is -0.161. The van der Waals surface area contributed by atoms with Crippen LogP contribution in [0.15, 0.2) is 60.8 Å². The molecule has 1 unspecified atom stereocenters. The molecule has 0 aromatic rings. The molecule has 0 rings (SSSR count). The van der Waals surface area contributed by atoms with E-state index in [-0.39, 0.29) is 39.1 Å². The Morgan fingerprint density at radius 2 is 1.04 bits per heavy atom. The minimum atomic E-state index is -4.55. The van der Waals surface area contributed by atoms with Crippen molar-refractivity contribution < 1.29 is 47.5 Å². The second kappa shape index (κ2) is 41.3. The molecule has 3 N–H and O–H groups in total. The van der Waals surface area contributed by atoms with Crippen LogP contribution in [0.1, 0.15) is 168 Å². The van der Waals surface area contributed by atoms with Gasteiger partial charge in [-0.25, -0.2) is 4.57 Å². The van der Waals surface area contributed by atoms with E-state index in [9.17, 15) is 23.8 Å². The molecule has 0 aromatic carbocycles. The van der Waals surface area contributed by atoms with Crippen LogP contribution in [0.3, 0.4) is 0 Å². The molecule has 0 heterocycles. The van der Waals surface area contributed by atoms with E-state index in [2.05, 4.69) is 73.8 Å². The summed E-state index contributed by atoms with van der Waals surface area (Å²) >= 11 is 0. The molecule has 328 valence electrons. The van der Waals surface area contributed by atoms with Gasteiger partial charge in [0.15, 0.2) is 6.10 Å². The van der Waals surface area contributed by atoms with Gasteiger partial charge in [0, 0.05) is 19.4 Å². The lowest BCUT2D eigenvalue weighted by Crippen LogP contribution is -2.30. The van der Waals surface area contributed by atoms with Gasteiger partial charge in [0.1, 0.15) is 6.61 Å². The van der Waals surface area contributed by atoms with E-state index in [4.69, 9.17) is 23.6 Å². The van der Waals surface area contributed by atoms with Gasteiger partial charge in [-0.05, 0) is 77.0 Å². The van der Waals surface area contributed by atoms with Gasteiger partial charge in [0.2, 0.25) is 0 Å². The van der Waals surface area contributed by atoms with Crippen LogP contribution in [0, 0.1) is 0 Å². The standard InChI is InChI=1S/C45H78NO10P/c1-3-5-7-9-11-13-15-17-19-20-22-23-25-27-29-31-33-35-44(49)53-40-42(41-55-57(51,52)54-38-37-46-39-43(47)48)56-45(50)36-34-32-30-28-26-24-21-18-16-14-12-10-8-6-4-2/h11,13,17-19,21-23,27,29,42,46H,3-10,12,14-16,20,24-26,28,30-41H2,1-2H3,(H,47,48)(H,51,52)/b13-11-,19-17-,21-18-,23-22-,29-27-/t42-/m1/s1. The Hall–Kier alpha value is -2.82. The summed E-state index contributed by atoms with van der Waals surface area (Å²) < 4.78 is 33.1. The van der Waals surface area contributed by atoms with Crippen molar-refractivity contribution in [2.75, 3.05) is 32.9 Å². The van der Waals surface area contributed by atoms with Crippen molar-refractivity contribution in [1.29, 1.82) is 0 Å². The number of phosphoric ester groups is 1. The summed E-state index contributed by atoms with van der Waals surface area (Å²) in [6, 6.07) is 0. The maximum absolute atomic E-state index is 12.6. The van der Waals surface area contributed by atoms with Crippen LogP contribution in [0.5, 0.6) is 0 Å². The van der Waals surface area contributed by atoms with E-state index >= 15 is 0 Å². The van der Waals surface area contributed by atoms with Gasteiger partial charge in [-0.1, -0.05) is 139 Å². The third kappa shape index (κ3) is 42.6. The Labute approximate surface area is 345 Å². The summed E-state index contributed by atoms with van der Waals surface area (Å²) in [5.74, 6) is -2.06. The summed E-state index contributed by atoms with van der Waals surface area (Å²) in [6.45, 7) is 2.99. The molecular formula is C45H78NO10P. The summed E-state index contributed by atoms with van der Waals surface area (Å²) in [6.07, 6.45) is 44.7. The van der Waals surface area contributed by atoms with Gasteiger partial charge in [0.05, 0.1) is 19.8 Å². The van der Waals surface area contributed by atoms with Crippen molar-refractivity contribution in [2.24, 2.45) is 0 Å². The molecule has 0 saturated heterocycles. The molecule has 0 fully saturated rings. The number of phosphoric acid groups is 1. The van der Waals surface area contributed by atoms with Crippen molar-refractivity contribution in [2.45, 2.75) is 174 Å². The van der Waals surface area contributed by atoms with Crippen molar-refractivity contribution in [3.8, 4) is 0 Å². The topological polar surface area (TPSA) is 158 Å². The Kier molecular flexibility index (Phi) is 39.3. The molecule has 57 heavy (non-hydrogen) atoms. The summed E-state index contributed by atoms with van der Waals surface area (Å²) in [5.41, 5.74) is 0. The Bertz CT molecular complexity index is 1180. The van der Waals surface area contributed by atoms with Gasteiger partial charge < -0.3 is 24.8 Å². The third-order valence-electron chi connectivity index (χ3n) is 8.81. The first-order valence-corrected chi connectivity index (χ1v) is 23.3. The Morgan fingerprint density at radius 1 is 0.579 bits per heavy atom. The lowest BCUT2D eigenvalue weighted by atomic mass is 10.1. The van der Waals surface area contributed by atoms with Crippen LogP contribution in [-0.2, 0) is 37.5 Å². The summed E-state index contributed by atoms with van der Waals surface area (Å²) in [5, 5.41) is 11.2. The zero-order valence-electron chi connectivity index (χ0n) is 35.5. The van der Waals surface area contributed by atoms with Crippen LogP contribution in [0.25, 0.3) is 0 Å². The number of unbranched alkanes of at least 4 members (excludes halogenated alkanes) is 15. The molecule has 11 nitrogen and oxygen atoms in total. The molecule has 0 aliphatic rings. The minimum Gasteiger partial charge on any atom is -0.480 e. The highest BCUT2D eigenvalue weighted by Crippen LogP contribution is 2.43. The van der Waals surface area contributed by atoms with Gasteiger partial charge in [-0.15, -0.1) is 0 Å². The third-order valence-corrected chi connectivity index (χ3v) is 9.80. The maximum Gasteiger partial charge on any atom is 0.472 e. The van der Waals surface area contributed by atoms with Gasteiger partial charge in [0.25, 0.3) is 0 Å². The highest BCUT2D eigenvalue weighted by Gasteiger charge is 2.26. The monoisotopic (exact) mass is 824 g/mol. The van der Waals surface area contributed by atoms with Gasteiger partial charge >= 0.3 is 25.7 Å². The van der Waals surface area contributed by atoms with Crippen molar-refractivity contribution in [1.82, 2.24) is 5.32 Å². The van der Waals surface area contributed by atoms with Crippen molar-refractivity contribution >= 4 is 25.7 Å². The number of carbonyl (C=O) groups excluding carboxylic acids is 2. The number of allylic oxidation sites excluding steroid dienone is 10. The molecule has 0 aliphatic carbocycles. The molecule has 0 saturated carbocycles. The first-order valence-electron chi connectivity index (χ1n) is 21.8. The number of carbonyl (C=O) groups is 3. The number of hydrogen-bond acceptors (Lipinski definition) is 9.